The van der Waals surface area contributed by atoms with Gasteiger partial charge in [-0.25, -0.2) is 13.1 Å². The van der Waals surface area contributed by atoms with Crippen LogP contribution >= 0.6 is 23.2 Å². The average Bonchev–Trinajstić information content (AvgIpc) is 3.38. The van der Waals surface area contributed by atoms with E-state index in [1.165, 1.54) is 12.1 Å². The summed E-state index contributed by atoms with van der Waals surface area (Å²) in [5.74, 6) is -0.508. The van der Waals surface area contributed by atoms with Crippen LogP contribution in [0.3, 0.4) is 0 Å². The highest BCUT2D eigenvalue weighted by Crippen LogP contribution is 2.30. The fraction of sp³-hybridized carbons (Fsp3) is 0.364. The molecule has 2 N–H and O–H groups in total. The normalized spacial score (nSPS) is 16.2. The van der Waals surface area contributed by atoms with Crippen molar-refractivity contribution in [3.8, 4) is 0 Å². The number of hydrogen-bond donors (Lipinski definition) is 2. The molecule has 0 atom stereocenters. The molecule has 2 aromatic carbocycles. The first-order valence-corrected chi connectivity index (χ1v) is 12.7. The monoisotopic (exact) mass is 495 g/mol. The number of benzene rings is 2. The molecule has 1 saturated heterocycles. The van der Waals surface area contributed by atoms with E-state index in [-0.39, 0.29) is 39.0 Å². The zero-order valence-electron chi connectivity index (χ0n) is 17.2. The van der Waals surface area contributed by atoms with E-state index in [1.54, 1.807) is 24.3 Å². The zero-order valence-corrected chi connectivity index (χ0v) is 19.6. The van der Waals surface area contributed by atoms with Gasteiger partial charge in [0, 0.05) is 31.2 Å². The minimum Gasteiger partial charge on any atom is -0.348 e. The van der Waals surface area contributed by atoms with E-state index in [9.17, 15) is 18.0 Å². The molecule has 1 saturated carbocycles. The van der Waals surface area contributed by atoms with Crippen molar-refractivity contribution in [2.24, 2.45) is 0 Å². The molecule has 1 aliphatic heterocycles. The Labute approximate surface area is 197 Å². The largest absolute Gasteiger partial charge is 0.348 e. The minimum atomic E-state index is -3.84. The fourth-order valence-electron chi connectivity index (χ4n) is 3.54. The molecule has 7 nitrogen and oxygen atoms in total. The predicted octanol–water partition coefficient (Wildman–Crippen LogP) is 3.60. The van der Waals surface area contributed by atoms with Gasteiger partial charge in [0.15, 0.2) is 0 Å². The van der Waals surface area contributed by atoms with Gasteiger partial charge in [-0.3, -0.25) is 9.59 Å². The summed E-state index contributed by atoms with van der Waals surface area (Å²) >= 11 is 12.3. The molecular formula is C22H23Cl2N3O4S. The number of nitrogens with zero attached hydrogens (tertiary/aromatic N) is 1. The molecule has 2 aromatic rings. The highest BCUT2D eigenvalue weighted by molar-refractivity contribution is 7.89. The Hall–Kier alpha value is -2.13. The van der Waals surface area contributed by atoms with Crippen LogP contribution in [0.15, 0.2) is 41.3 Å². The molecule has 1 heterocycles. The second kappa shape index (κ2) is 9.39. The number of halogens is 2. The van der Waals surface area contributed by atoms with Crippen LogP contribution in [0.4, 0.5) is 0 Å². The third-order valence-corrected chi connectivity index (χ3v) is 7.80. The third-order valence-electron chi connectivity index (χ3n) is 5.50. The Balaban J connectivity index is 1.43. The molecule has 0 bridgehead atoms. The van der Waals surface area contributed by atoms with Gasteiger partial charge in [0.2, 0.25) is 10.0 Å². The van der Waals surface area contributed by atoms with Crippen LogP contribution in [-0.2, 0) is 16.6 Å². The van der Waals surface area contributed by atoms with Gasteiger partial charge in [-0.2, -0.15) is 0 Å². The lowest BCUT2D eigenvalue weighted by atomic mass is 10.1. The highest BCUT2D eigenvalue weighted by Gasteiger charge is 2.30. The SMILES string of the molecule is O=C(NCc1ccc(C(=O)N2CCCC2)cc1)c1cc(S(=O)(=O)NC2CC2)c(Cl)cc1Cl. The molecule has 0 unspecified atom stereocenters. The van der Waals surface area contributed by atoms with Gasteiger partial charge in [-0.1, -0.05) is 35.3 Å². The Morgan fingerprint density at radius 2 is 1.66 bits per heavy atom. The maximum atomic E-state index is 12.7. The van der Waals surface area contributed by atoms with Gasteiger partial charge in [-0.15, -0.1) is 0 Å². The highest BCUT2D eigenvalue weighted by atomic mass is 35.5. The molecule has 2 amide bonds. The fourth-order valence-corrected chi connectivity index (χ4v) is 5.70. The average molecular weight is 496 g/mol. The maximum absolute atomic E-state index is 12.7. The molecule has 1 aliphatic carbocycles. The van der Waals surface area contributed by atoms with E-state index < -0.39 is 15.9 Å². The van der Waals surface area contributed by atoms with E-state index >= 15 is 0 Å². The van der Waals surface area contributed by atoms with Gasteiger partial charge in [0.1, 0.15) is 4.90 Å². The standard InChI is InChI=1S/C22H23Cl2N3O4S/c23-18-12-19(24)20(32(30,31)26-16-7-8-16)11-17(18)21(28)25-13-14-3-5-15(6-4-14)22(29)27-9-1-2-10-27/h3-6,11-12,16,26H,1-2,7-10,13H2,(H,25,28). The smallest absolute Gasteiger partial charge is 0.253 e. The minimum absolute atomic E-state index is 0.0135. The number of sulfonamides is 1. The summed E-state index contributed by atoms with van der Waals surface area (Å²) in [6, 6.07) is 9.41. The summed E-state index contributed by atoms with van der Waals surface area (Å²) in [5.41, 5.74) is 1.43. The van der Waals surface area contributed by atoms with Crippen molar-refractivity contribution in [3.05, 3.63) is 63.1 Å². The summed E-state index contributed by atoms with van der Waals surface area (Å²) < 4.78 is 27.6. The first kappa shape index (κ1) is 23.0. The first-order chi connectivity index (χ1) is 15.2. The van der Waals surface area contributed by atoms with Crippen molar-refractivity contribution >= 4 is 45.0 Å². The van der Waals surface area contributed by atoms with E-state index in [0.29, 0.717) is 5.56 Å². The topological polar surface area (TPSA) is 95.6 Å². The molecule has 2 fully saturated rings. The van der Waals surface area contributed by atoms with Crippen LogP contribution in [0.1, 0.15) is 52.0 Å². The van der Waals surface area contributed by atoms with Crippen molar-refractivity contribution in [1.29, 1.82) is 0 Å². The molecule has 10 heteroatoms. The summed E-state index contributed by atoms with van der Waals surface area (Å²) in [4.78, 5) is 26.8. The van der Waals surface area contributed by atoms with Crippen LogP contribution in [-0.4, -0.2) is 44.3 Å². The van der Waals surface area contributed by atoms with Crippen LogP contribution in [0, 0.1) is 0 Å². The van der Waals surface area contributed by atoms with Gasteiger partial charge in [0.05, 0.1) is 15.6 Å². The number of rotatable bonds is 7. The second-order valence-electron chi connectivity index (χ2n) is 8.04. The van der Waals surface area contributed by atoms with Crippen molar-refractivity contribution < 1.29 is 18.0 Å². The Morgan fingerprint density at radius 3 is 2.28 bits per heavy atom. The van der Waals surface area contributed by atoms with Gasteiger partial charge < -0.3 is 10.2 Å². The first-order valence-electron chi connectivity index (χ1n) is 10.4. The molecule has 4 rings (SSSR count). The number of nitrogens with one attached hydrogen (secondary N) is 2. The summed E-state index contributed by atoms with van der Waals surface area (Å²) in [5, 5.41) is 2.75. The van der Waals surface area contributed by atoms with E-state index in [4.69, 9.17) is 23.2 Å². The van der Waals surface area contributed by atoms with Crippen LogP contribution in [0.25, 0.3) is 0 Å². The maximum Gasteiger partial charge on any atom is 0.253 e. The summed E-state index contributed by atoms with van der Waals surface area (Å²) in [6.45, 7) is 1.76. The van der Waals surface area contributed by atoms with Crippen molar-refractivity contribution in [2.75, 3.05) is 13.1 Å². The molecular weight excluding hydrogens is 473 g/mol. The summed E-state index contributed by atoms with van der Waals surface area (Å²) in [7, 11) is -3.84. The van der Waals surface area contributed by atoms with Gasteiger partial charge in [0.25, 0.3) is 11.8 Å². The van der Waals surface area contributed by atoms with Gasteiger partial charge >= 0.3 is 0 Å². The Morgan fingerprint density at radius 1 is 1.00 bits per heavy atom. The van der Waals surface area contributed by atoms with Crippen LogP contribution in [0.5, 0.6) is 0 Å². The third kappa shape index (κ3) is 5.26. The lowest BCUT2D eigenvalue weighted by Crippen LogP contribution is -2.28. The van der Waals surface area contributed by atoms with Crippen LogP contribution < -0.4 is 10.0 Å². The molecule has 0 radical (unpaired) electrons. The predicted molar refractivity (Wildman–Crippen MR) is 123 cm³/mol. The number of likely N-dealkylation sites (tertiary alicyclic amines) is 1. The number of amides is 2. The molecule has 170 valence electrons. The van der Waals surface area contributed by atoms with Gasteiger partial charge in [-0.05, 0) is 55.5 Å². The van der Waals surface area contributed by atoms with Crippen LogP contribution in [0.2, 0.25) is 10.0 Å². The van der Waals surface area contributed by atoms with Crippen molar-refractivity contribution in [3.63, 3.8) is 0 Å². The molecule has 0 spiro atoms. The lowest BCUT2D eigenvalue weighted by molar-refractivity contribution is 0.0792. The number of carbonyl (C=O) groups excluding carboxylic acids is 2. The zero-order chi connectivity index (χ0) is 22.9. The van der Waals surface area contributed by atoms with E-state index in [1.807, 2.05) is 4.90 Å². The summed E-state index contributed by atoms with van der Waals surface area (Å²) in [6.07, 6.45) is 3.62. The van der Waals surface area contributed by atoms with Crippen molar-refractivity contribution in [2.45, 2.75) is 43.2 Å². The van der Waals surface area contributed by atoms with Crippen molar-refractivity contribution in [1.82, 2.24) is 14.9 Å². The molecule has 0 aromatic heterocycles. The molecule has 2 aliphatic rings. The molecule has 32 heavy (non-hydrogen) atoms. The Bertz CT molecular complexity index is 1140. The lowest BCUT2D eigenvalue weighted by Gasteiger charge is -2.15. The second-order valence-corrected chi connectivity index (χ2v) is 10.5. The van der Waals surface area contributed by atoms with E-state index in [2.05, 4.69) is 10.0 Å². The van der Waals surface area contributed by atoms with E-state index in [0.717, 1.165) is 44.3 Å². The number of carbonyl (C=O) groups is 2. The quantitative estimate of drug-likeness (QED) is 0.613. The number of hydrogen-bond acceptors (Lipinski definition) is 4. The Kier molecular flexibility index (Phi) is 6.76.